The first-order chi connectivity index (χ1) is 9.83. The molecular formula is C15H13N3OS. The van der Waals surface area contributed by atoms with Crippen LogP contribution in [0.1, 0.15) is 22.5 Å². The first-order valence-corrected chi connectivity index (χ1v) is 7.45. The molecule has 3 aromatic rings. The molecule has 4 rings (SSSR count). The van der Waals surface area contributed by atoms with E-state index in [-0.39, 0.29) is 5.91 Å². The zero-order chi connectivity index (χ0) is 13.5. The summed E-state index contributed by atoms with van der Waals surface area (Å²) in [5.74, 6) is 0.0254. The Bertz CT molecular complexity index is 772. The van der Waals surface area contributed by atoms with Crippen molar-refractivity contribution >= 4 is 27.3 Å². The Hall–Kier alpha value is -2.14. The van der Waals surface area contributed by atoms with Crippen molar-refractivity contribution < 1.29 is 4.79 Å². The van der Waals surface area contributed by atoms with Crippen LogP contribution >= 0.6 is 11.3 Å². The number of hydrogen-bond acceptors (Lipinski definition) is 3. The maximum Gasteiger partial charge on any atom is 0.263 e. The van der Waals surface area contributed by atoms with Gasteiger partial charge in [0.15, 0.2) is 0 Å². The zero-order valence-corrected chi connectivity index (χ0v) is 11.6. The van der Waals surface area contributed by atoms with E-state index >= 15 is 0 Å². The summed E-state index contributed by atoms with van der Waals surface area (Å²) in [4.78, 5) is 17.4. The normalized spacial score (nSPS) is 14.6. The van der Waals surface area contributed by atoms with Crippen molar-refractivity contribution in [1.82, 2.24) is 14.9 Å². The summed E-state index contributed by atoms with van der Waals surface area (Å²) in [5.41, 5.74) is 0.954. The molecule has 1 aliphatic rings. The molecule has 0 aliphatic heterocycles. The molecule has 0 saturated heterocycles. The van der Waals surface area contributed by atoms with E-state index in [1.54, 1.807) is 6.20 Å². The molecule has 4 nitrogen and oxygen atoms in total. The molecule has 1 N–H and O–H groups in total. The molecule has 1 amide bonds. The first kappa shape index (κ1) is 11.7. The minimum absolute atomic E-state index is 0.0254. The number of rotatable bonds is 3. The van der Waals surface area contributed by atoms with Crippen molar-refractivity contribution in [3.8, 4) is 5.69 Å². The zero-order valence-electron chi connectivity index (χ0n) is 10.7. The van der Waals surface area contributed by atoms with Gasteiger partial charge in [-0.1, -0.05) is 0 Å². The highest BCUT2D eigenvalue weighted by atomic mass is 32.1. The summed E-state index contributed by atoms with van der Waals surface area (Å²) in [5, 5.41) is 4.14. The second kappa shape index (κ2) is 4.45. The minimum atomic E-state index is 0.0254. The number of fused-ring (bicyclic) bond motifs is 1. The van der Waals surface area contributed by atoms with E-state index in [9.17, 15) is 4.79 Å². The van der Waals surface area contributed by atoms with Crippen LogP contribution in [0.3, 0.4) is 0 Å². The number of nitrogens with zero attached hydrogens (tertiary/aromatic N) is 2. The van der Waals surface area contributed by atoms with Gasteiger partial charge in [0.2, 0.25) is 0 Å². The highest BCUT2D eigenvalue weighted by Gasteiger charge is 2.27. The van der Waals surface area contributed by atoms with E-state index in [0.29, 0.717) is 6.04 Å². The van der Waals surface area contributed by atoms with Crippen molar-refractivity contribution in [3.63, 3.8) is 0 Å². The van der Waals surface area contributed by atoms with Crippen LogP contribution in [0.2, 0.25) is 0 Å². The molecule has 1 aliphatic carbocycles. The Labute approximate surface area is 120 Å². The molecule has 0 bridgehead atoms. The molecule has 100 valence electrons. The second-order valence-corrected chi connectivity index (χ2v) is 6.04. The van der Waals surface area contributed by atoms with Gasteiger partial charge in [-0.3, -0.25) is 9.78 Å². The Balaban J connectivity index is 1.90. The number of thiophene rings is 1. The Morgan fingerprint density at radius 2 is 2.15 bits per heavy atom. The monoisotopic (exact) mass is 283 g/mol. The van der Waals surface area contributed by atoms with Gasteiger partial charge in [0, 0.05) is 36.2 Å². The van der Waals surface area contributed by atoms with Gasteiger partial charge in [0.25, 0.3) is 5.91 Å². The summed E-state index contributed by atoms with van der Waals surface area (Å²) in [6.45, 7) is 0. The molecule has 3 aromatic heterocycles. The largest absolute Gasteiger partial charge is 0.349 e. The third-order valence-electron chi connectivity index (χ3n) is 3.45. The quantitative estimate of drug-likeness (QED) is 0.803. The smallest absolute Gasteiger partial charge is 0.263 e. The molecule has 1 saturated carbocycles. The number of carbonyl (C=O) groups is 1. The first-order valence-electron chi connectivity index (χ1n) is 6.63. The van der Waals surface area contributed by atoms with Crippen molar-refractivity contribution in [1.29, 1.82) is 0 Å². The molecule has 0 radical (unpaired) electrons. The summed E-state index contributed by atoms with van der Waals surface area (Å²) >= 11 is 1.50. The lowest BCUT2D eigenvalue weighted by atomic mass is 10.2. The predicted octanol–water partition coefficient (Wildman–Crippen LogP) is 2.98. The van der Waals surface area contributed by atoms with Crippen LogP contribution < -0.4 is 5.32 Å². The molecule has 3 heterocycles. The van der Waals surface area contributed by atoms with Crippen molar-refractivity contribution in [2.45, 2.75) is 18.9 Å². The van der Waals surface area contributed by atoms with E-state index < -0.39 is 0 Å². The molecule has 0 atom stereocenters. The topological polar surface area (TPSA) is 46.9 Å². The van der Waals surface area contributed by atoms with Gasteiger partial charge in [0.1, 0.15) is 4.88 Å². The van der Waals surface area contributed by atoms with Gasteiger partial charge >= 0.3 is 0 Å². The van der Waals surface area contributed by atoms with Crippen LogP contribution in [0.5, 0.6) is 0 Å². The van der Waals surface area contributed by atoms with E-state index in [1.807, 2.05) is 41.4 Å². The standard InChI is InChI=1S/C15H13N3OS/c19-15(17-10-3-4-10)14-13(18-7-1-2-8-18)11-5-6-16-9-12(11)20-14/h1-2,5-10H,3-4H2,(H,17,19). The van der Waals surface area contributed by atoms with E-state index in [0.717, 1.165) is 33.5 Å². The maximum absolute atomic E-state index is 12.4. The molecule has 0 spiro atoms. The van der Waals surface area contributed by atoms with Gasteiger partial charge in [-0.15, -0.1) is 11.3 Å². The fourth-order valence-electron chi connectivity index (χ4n) is 2.31. The summed E-state index contributed by atoms with van der Waals surface area (Å²) in [7, 11) is 0. The molecule has 0 unspecified atom stereocenters. The number of pyridine rings is 1. The molecular weight excluding hydrogens is 270 g/mol. The highest BCUT2D eigenvalue weighted by molar-refractivity contribution is 7.21. The molecule has 0 aromatic carbocycles. The average Bonchev–Trinajstić information content (AvgIpc) is 2.99. The van der Waals surface area contributed by atoms with Gasteiger partial charge in [-0.05, 0) is 31.0 Å². The average molecular weight is 283 g/mol. The van der Waals surface area contributed by atoms with Gasteiger partial charge in [-0.2, -0.15) is 0 Å². The summed E-state index contributed by atoms with van der Waals surface area (Å²) in [6.07, 6.45) is 9.71. The second-order valence-electron chi connectivity index (χ2n) is 4.99. The third-order valence-corrected chi connectivity index (χ3v) is 4.58. The number of nitrogens with one attached hydrogen (secondary N) is 1. The number of aromatic nitrogens is 2. The van der Waals surface area contributed by atoms with Crippen LogP contribution in [0, 0.1) is 0 Å². The Kier molecular flexibility index (Phi) is 2.60. The summed E-state index contributed by atoms with van der Waals surface area (Å²) in [6, 6.07) is 6.26. The van der Waals surface area contributed by atoms with Gasteiger partial charge in [0.05, 0.1) is 10.4 Å². The van der Waals surface area contributed by atoms with Crippen LogP contribution in [0.25, 0.3) is 15.8 Å². The van der Waals surface area contributed by atoms with Gasteiger partial charge < -0.3 is 9.88 Å². The van der Waals surface area contributed by atoms with E-state index in [1.165, 1.54) is 11.3 Å². The predicted molar refractivity (Wildman–Crippen MR) is 79.4 cm³/mol. The number of carbonyl (C=O) groups excluding carboxylic acids is 1. The van der Waals surface area contributed by atoms with Crippen molar-refractivity contribution in [2.24, 2.45) is 0 Å². The fourth-order valence-corrected chi connectivity index (χ4v) is 3.38. The van der Waals surface area contributed by atoms with Crippen LogP contribution in [0.15, 0.2) is 43.0 Å². The lowest BCUT2D eigenvalue weighted by Crippen LogP contribution is -2.25. The lowest BCUT2D eigenvalue weighted by molar-refractivity contribution is 0.0955. The van der Waals surface area contributed by atoms with E-state index in [4.69, 9.17) is 0 Å². The molecule has 20 heavy (non-hydrogen) atoms. The Morgan fingerprint density at radius 3 is 2.90 bits per heavy atom. The highest BCUT2D eigenvalue weighted by Crippen LogP contribution is 2.34. The minimum Gasteiger partial charge on any atom is -0.349 e. The molecule has 1 fully saturated rings. The van der Waals surface area contributed by atoms with Crippen LogP contribution in [-0.2, 0) is 0 Å². The third kappa shape index (κ3) is 1.91. The fraction of sp³-hybridized carbons (Fsp3) is 0.200. The molecule has 5 heteroatoms. The van der Waals surface area contributed by atoms with Crippen molar-refractivity contribution in [2.75, 3.05) is 0 Å². The Morgan fingerprint density at radius 1 is 1.35 bits per heavy atom. The summed E-state index contributed by atoms with van der Waals surface area (Å²) < 4.78 is 3.04. The number of hydrogen-bond donors (Lipinski definition) is 1. The van der Waals surface area contributed by atoms with Crippen LogP contribution in [0.4, 0.5) is 0 Å². The number of amides is 1. The SMILES string of the molecule is O=C(NC1CC1)c1sc2cnccc2c1-n1cccc1. The van der Waals surface area contributed by atoms with Gasteiger partial charge in [-0.25, -0.2) is 0 Å². The van der Waals surface area contributed by atoms with Crippen LogP contribution in [-0.4, -0.2) is 21.5 Å². The maximum atomic E-state index is 12.4. The lowest BCUT2D eigenvalue weighted by Gasteiger charge is -2.06. The van der Waals surface area contributed by atoms with Crippen molar-refractivity contribution in [3.05, 3.63) is 47.9 Å². The van der Waals surface area contributed by atoms with E-state index in [2.05, 4.69) is 10.3 Å².